The minimum atomic E-state index is -1.31. The summed E-state index contributed by atoms with van der Waals surface area (Å²) in [6.07, 6.45) is 6.18. The molecule has 0 aromatic heterocycles. The molecule has 1 aliphatic rings. The van der Waals surface area contributed by atoms with Gasteiger partial charge in [0.1, 0.15) is 0 Å². The summed E-state index contributed by atoms with van der Waals surface area (Å²) >= 11 is 0. The molecule has 0 amide bonds. The zero-order valence-corrected chi connectivity index (χ0v) is 10.3. The van der Waals surface area contributed by atoms with Gasteiger partial charge < -0.3 is 10.2 Å². The highest BCUT2D eigenvalue weighted by Crippen LogP contribution is 2.70. The monoisotopic (exact) mass is 250 g/mol. The molecule has 1 aliphatic heterocycles. The third-order valence-corrected chi connectivity index (χ3v) is 9.39. The molecule has 0 aromatic rings. The van der Waals surface area contributed by atoms with E-state index in [1.165, 1.54) is 0 Å². The van der Waals surface area contributed by atoms with Gasteiger partial charge in [0.2, 0.25) is 0 Å². The first kappa shape index (κ1) is 12.9. The highest BCUT2D eigenvalue weighted by atomic mass is 32.1. The van der Waals surface area contributed by atoms with Crippen molar-refractivity contribution >= 4 is 26.6 Å². The van der Waals surface area contributed by atoms with Crippen molar-refractivity contribution in [2.75, 3.05) is 12.3 Å². The fourth-order valence-electron chi connectivity index (χ4n) is 1.69. The van der Waals surface area contributed by atoms with Gasteiger partial charge in [-0.15, -0.1) is 0 Å². The molecule has 0 saturated carbocycles. The molecule has 1 heterocycles. The maximum Gasteiger partial charge on any atom is 0.328 e. The first-order chi connectivity index (χ1) is 7.13. The first-order valence-corrected chi connectivity index (χ1v) is 8.89. The number of hydrogen-bond acceptors (Lipinski definition) is 2. The van der Waals surface area contributed by atoms with Gasteiger partial charge in [-0.3, -0.25) is 0 Å². The first-order valence-electron chi connectivity index (χ1n) is 5.14. The summed E-state index contributed by atoms with van der Waals surface area (Å²) in [5.74, 6) is 0. The fraction of sp³-hybridized carbons (Fsp3) is 0.778. The molecule has 0 bridgehead atoms. The van der Waals surface area contributed by atoms with Crippen LogP contribution in [0, 0.1) is 0 Å². The Balaban J connectivity index is 2.72. The molecule has 15 heavy (non-hydrogen) atoms. The summed E-state index contributed by atoms with van der Waals surface area (Å²) in [6, 6.07) is 0. The van der Waals surface area contributed by atoms with Gasteiger partial charge in [0, 0.05) is 15.2 Å². The van der Waals surface area contributed by atoms with Crippen LogP contribution in [0.4, 0.5) is 9.59 Å². The van der Waals surface area contributed by atoms with E-state index in [1.807, 2.05) is 0 Å². The molecule has 0 spiro atoms. The lowest BCUT2D eigenvalue weighted by Gasteiger charge is -2.19. The molecular weight excluding hydrogens is 234 g/mol. The Bertz CT molecular complexity index is 220. The summed E-state index contributed by atoms with van der Waals surface area (Å²) in [4.78, 5) is 22.1. The number of hydrogen-bond donors (Lipinski definition) is 2. The van der Waals surface area contributed by atoms with Gasteiger partial charge >= 0.3 is 11.4 Å². The van der Waals surface area contributed by atoms with Crippen molar-refractivity contribution < 1.29 is 19.8 Å². The largest absolute Gasteiger partial charge is 0.478 e. The average Bonchev–Trinajstić information content (AvgIpc) is 2.27. The molecule has 1 rings (SSSR count). The summed E-state index contributed by atoms with van der Waals surface area (Å²) in [6.45, 7) is 0. The predicted octanol–water partition coefficient (Wildman–Crippen LogP) is 4.19. The molecule has 86 valence electrons. The summed E-state index contributed by atoms with van der Waals surface area (Å²) < 4.78 is 0. The minimum Gasteiger partial charge on any atom is -0.478 e. The molecule has 2 N–H and O–H groups in total. The second-order valence-corrected chi connectivity index (χ2v) is 9.73. The highest BCUT2D eigenvalue weighted by molar-refractivity contribution is 8.42. The van der Waals surface area contributed by atoms with Crippen LogP contribution in [0.3, 0.4) is 0 Å². The van der Waals surface area contributed by atoms with Gasteiger partial charge in [-0.05, 0) is 25.2 Å². The van der Waals surface area contributed by atoms with Gasteiger partial charge in [0.25, 0.3) is 0 Å². The standard InChI is InChI=1S/C9H16O4P2/c10-8(11)14-6-4-2-1-3-5-7-15(14)9(12)13/h1-7H2,(H,10,11)(H,12,13). The molecular formula is C9H16O4P2. The topological polar surface area (TPSA) is 74.6 Å². The van der Waals surface area contributed by atoms with Crippen LogP contribution in [0.2, 0.25) is 0 Å². The zero-order valence-electron chi connectivity index (χ0n) is 8.56. The lowest BCUT2D eigenvalue weighted by Crippen LogP contribution is -2.01. The van der Waals surface area contributed by atoms with Gasteiger partial charge in [0.05, 0.1) is 0 Å². The Labute approximate surface area is 91.5 Å². The molecule has 1 saturated heterocycles. The van der Waals surface area contributed by atoms with Gasteiger partial charge in [-0.2, -0.15) is 0 Å². The normalized spacial score (nSPS) is 28.5. The molecule has 0 radical (unpaired) electrons. The van der Waals surface area contributed by atoms with Crippen LogP contribution in [0.15, 0.2) is 0 Å². The van der Waals surface area contributed by atoms with Crippen LogP contribution in [-0.4, -0.2) is 34.0 Å². The molecule has 2 unspecified atom stereocenters. The van der Waals surface area contributed by atoms with Crippen molar-refractivity contribution in [3.63, 3.8) is 0 Å². The third kappa shape index (κ3) is 4.04. The Hall–Kier alpha value is -0.200. The summed E-state index contributed by atoms with van der Waals surface area (Å²) in [5.41, 5.74) is -1.72. The van der Waals surface area contributed by atoms with E-state index in [0.29, 0.717) is 12.3 Å². The average molecular weight is 250 g/mol. The van der Waals surface area contributed by atoms with Crippen LogP contribution >= 0.6 is 15.2 Å². The molecule has 0 aliphatic carbocycles. The van der Waals surface area contributed by atoms with E-state index in [-0.39, 0.29) is 0 Å². The van der Waals surface area contributed by atoms with Crippen LogP contribution in [0.1, 0.15) is 32.1 Å². The quantitative estimate of drug-likeness (QED) is 0.720. The second kappa shape index (κ2) is 6.40. The molecule has 1 fully saturated rings. The van der Waals surface area contributed by atoms with Crippen LogP contribution in [0.25, 0.3) is 0 Å². The minimum absolute atomic E-state index is 0.600. The Kier molecular flexibility index (Phi) is 5.49. The molecule has 4 nitrogen and oxygen atoms in total. The van der Waals surface area contributed by atoms with Crippen molar-refractivity contribution in [2.24, 2.45) is 0 Å². The van der Waals surface area contributed by atoms with Crippen LogP contribution in [-0.2, 0) is 0 Å². The van der Waals surface area contributed by atoms with E-state index in [9.17, 15) is 9.59 Å². The maximum absolute atomic E-state index is 11.0. The van der Waals surface area contributed by atoms with Crippen molar-refractivity contribution in [2.45, 2.75) is 32.1 Å². The number of carboxylic acid groups (broad SMARTS) is 2. The van der Waals surface area contributed by atoms with E-state index in [2.05, 4.69) is 0 Å². The molecule has 0 aromatic carbocycles. The highest BCUT2D eigenvalue weighted by Gasteiger charge is 2.32. The van der Waals surface area contributed by atoms with E-state index in [4.69, 9.17) is 10.2 Å². The van der Waals surface area contributed by atoms with Crippen LogP contribution in [0.5, 0.6) is 0 Å². The van der Waals surface area contributed by atoms with Crippen molar-refractivity contribution in [3.8, 4) is 0 Å². The second-order valence-electron chi connectivity index (χ2n) is 3.58. The lowest BCUT2D eigenvalue weighted by molar-refractivity contribution is 0.219. The van der Waals surface area contributed by atoms with Gasteiger partial charge in [-0.25, -0.2) is 9.59 Å². The van der Waals surface area contributed by atoms with E-state index < -0.39 is 26.6 Å². The van der Waals surface area contributed by atoms with Crippen molar-refractivity contribution in [1.82, 2.24) is 0 Å². The van der Waals surface area contributed by atoms with Crippen molar-refractivity contribution in [3.05, 3.63) is 0 Å². The van der Waals surface area contributed by atoms with Crippen molar-refractivity contribution in [1.29, 1.82) is 0 Å². The Morgan fingerprint density at radius 1 is 0.733 bits per heavy atom. The van der Waals surface area contributed by atoms with E-state index in [1.54, 1.807) is 0 Å². The van der Waals surface area contributed by atoms with E-state index in [0.717, 1.165) is 32.1 Å². The predicted molar refractivity (Wildman–Crippen MR) is 62.7 cm³/mol. The maximum atomic E-state index is 11.0. The van der Waals surface area contributed by atoms with Gasteiger partial charge in [-0.1, -0.05) is 19.3 Å². The Morgan fingerprint density at radius 3 is 1.40 bits per heavy atom. The molecule has 2 atom stereocenters. The fourth-order valence-corrected chi connectivity index (χ4v) is 7.55. The van der Waals surface area contributed by atoms with Gasteiger partial charge in [0.15, 0.2) is 0 Å². The van der Waals surface area contributed by atoms with Crippen LogP contribution < -0.4 is 0 Å². The zero-order chi connectivity index (χ0) is 11.3. The third-order valence-electron chi connectivity index (χ3n) is 2.47. The molecule has 6 heteroatoms. The SMILES string of the molecule is O=C(O)P1CCCCCCCP1C(=O)O. The number of carbonyl (C=O) groups is 2. The lowest BCUT2D eigenvalue weighted by atomic mass is 10.2. The smallest absolute Gasteiger partial charge is 0.328 e. The van der Waals surface area contributed by atoms with E-state index >= 15 is 0 Å². The Morgan fingerprint density at radius 2 is 1.07 bits per heavy atom. The summed E-state index contributed by atoms with van der Waals surface area (Å²) in [7, 11) is -2.62. The summed E-state index contributed by atoms with van der Waals surface area (Å²) in [5, 5.41) is 18.1. The number of rotatable bonds is 2.